The fourth-order valence-electron chi connectivity index (χ4n) is 1.71. The van der Waals surface area contributed by atoms with E-state index in [1.807, 2.05) is 5.40 Å². The number of nitrogens with zero attached hydrogens (tertiary/aromatic N) is 1. The van der Waals surface area contributed by atoms with Crippen LogP contribution in [0, 0.1) is 10.7 Å². The van der Waals surface area contributed by atoms with Crippen molar-refractivity contribution in [1.82, 2.24) is 0 Å². The summed E-state index contributed by atoms with van der Waals surface area (Å²) in [5.41, 5.74) is 0. The van der Waals surface area contributed by atoms with Crippen molar-refractivity contribution >= 4 is 11.8 Å². The third kappa shape index (κ3) is 11.8. The van der Waals surface area contributed by atoms with E-state index in [1.165, 1.54) is 38.5 Å². The summed E-state index contributed by atoms with van der Waals surface area (Å²) in [6.07, 6.45) is 9.81. The lowest BCUT2D eigenvalue weighted by Crippen LogP contribution is -2.02. The van der Waals surface area contributed by atoms with Gasteiger partial charge in [-0.25, -0.2) is 4.39 Å². The molecule has 0 aliphatic rings. The lowest BCUT2D eigenvalue weighted by molar-refractivity contribution is 0.335. The molecule has 0 spiro atoms. The Labute approximate surface area is 104 Å². The van der Waals surface area contributed by atoms with Crippen LogP contribution < -0.4 is 0 Å². The van der Waals surface area contributed by atoms with Gasteiger partial charge in [0, 0.05) is 5.75 Å². The van der Waals surface area contributed by atoms with E-state index in [9.17, 15) is 4.39 Å². The van der Waals surface area contributed by atoms with Gasteiger partial charge in [0.2, 0.25) is 0 Å². The average molecular weight is 245 g/mol. The highest BCUT2D eigenvalue weighted by Gasteiger charge is 2.05. The molecule has 1 atom stereocenters. The van der Waals surface area contributed by atoms with Crippen molar-refractivity contribution in [3.8, 4) is 5.40 Å². The highest BCUT2D eigenvalue weighted by molar-refractivity contribution is 8.03. The molecular formula is C13H24FNS. The smallest absolute Gasteiger partial charge is 0.133 e. The van der Waals surface area contributed by atoms with E-state index in [0.717, 1.165) is 24.6 Å². The van der Waals surface area contributed by atoms with Gasteiger partial charge in [-0.3, -0.25) is 0 Å². The molecule has 0 N–H and O–H groups in total. The van der Waals surface area contributed by atoms with Gasteiger partial charge in [-0.2, -0.15) is 5.26 Å². The zero-order chi connectivity index (χ0) is 12.1. The molecule has 0 aliphatic carbocycles. The quantitative estimate of drug-likeness (QED) is 0.375. The Morgan fingerprint density at radius 1 is 1.06 bits per heavy atom. The van der Waals surface area contributed by atoms with Crippen molar-refractivity contribution in [3.05, 3.63) is 0 Å². The monoisotopic (exact) mass is 245 g/mol. The van der Waals surface area contributed by atoms with Gasteiger partial charge < -0.3 is 0 Å². The predicted octanol–water partition coefficient (Wildman–Crippen LogP) is 5.07. The van der Waals surface area contributed by atoms with Crippen LogP contribution >= 0.6 is 11.8 Å². The number of unbranched alkanes of at least 4 members (excludes halogenated alkanes) is 7. The van der Waals surface area contributed by atoms with Crippen LogP contribution in [-0.4, -0.2) is 11.9 Å². The number of halogens is 1. The normalized spacial score (nSPS) is 12.3. The molecule has 0 saturated heterocycles. The van der Waals surface area contributed by atoms with Gasteiger partial charge >= 0.3 is 0 Å². The number of alkyl halides is 1. The number of hydrogen-bond acceptors (Lipinski definition) is 2. The van der Waals surface area contributed by atoms with Crippen LogP contribution in [0.3, 0.4) is 0 Å². The second-order valence-electron chi connectivity index (χ2n) is 4.26. The number of thiocyanates is 1. The fourth-order valence-corrected chi connectivity index (χ4v) is 2.13. The van der Waals surface area contributed by atoms with Crippen LogP contribution in [0.2, 0.25) is 0 Å². The Kier molecular flexibility index (Phi) is 12.7. The van der Waals surface area contributed by atoms with Gasteiger partial charge in [0.1, 0.15) is 11.6 Å². The van der Waals surface area contributed by atoms with Crippen molar-refractivity contribution in [2.45, 2.75) is 70.9 Å². The first-order chi connectivity index (χ1) is 7.81. The van der Waals surface area contributed by atoms with Crippen molar-refractivity contribution in [2.24, 2.45) is 0 Å². The van der Waals surface area contributed by atoms with Gasteiger partial charge in [0.05, 0.1) is 0 Å². The van der Waals surface area contributed by atoms with Crippen molar-refractivity contribution in [3.63, 3.8) is 0 Å². The maximum absolute atomic E-state index is 13.1. The molecule has 0 heterocycles. The molecule has 0 aromatic rings. The third-order valence-corrected chi connectivity index (χ3v) is 3.36. The largest absolute Gasteiger partial charge is 0.247 e. The summed E-state index contributed by atoms with van der Waals surface area (Å²) in [6, 6.07) is 0. The molecule has 0 rings (SSSR count). The molecule has 1 nitrogen and oxygen atoms in total. The maximum Gasteiger partial charge on any atom is 0.133 e. The molecule has 0 aromatic carbocycles. The molecule has 1 unspecified atom stereocenters. The van der Waals surface area contributed by atoms with Gasteiger partial charge in [-0.05, 0) is 18.2 Å². The zero-order valence-electron chi connectivity index (χ0n) is 10.4. The third-order valence-electron chi connectivity index (χ3n) is 2.70. The van der Waals surface area contributed by atoms with Crippen LogP contribution in [0.15, 0.2) is 0 Å². The molecule has 16 heavy (non-hydrogen) atoms. The molecule has 0 saturated carbocycles. The highest BCUT2D eigenvalue weighted by atomic mass is 32.2. The van der Waals surface area contributed by atoms with Crippen LogP contribution in [0.1, 0.15) is 64.7 Å². The van der Waals surface area contributed by atoms with E-state index >= 15 is 0 Å². The summed E-state index contributed by atoms with van der Waals surface area (Å²) in [7, 11) is 0. The first-order valence-corrected chi connectivity index (χ1v) is 7.44. The Balaban J connectivity index is 3.06. The molecule has 0 fully saturated rings. The maximum atomic E-state index is 13.1. The number of hydrogen-bond donors (Lipinski definition) is 0. The van der Waals surface area contributed by atoms with Gasteiger partial charge in [0.25, 0.3) is 0 Å². The lowest BCUT2D eigenvalue weighted by Gasteiger charge is -2.05. The summed E-state index contributed by atoms with van der Waals surface area (Å²) < 4.78 is 13.1. The minimum absolute atomic E-state index is 0.340. The molecular weight excluding hydrogens is 221 g/mol. The van der Waals surface area contributed by atoms with E-state index in [1.54, 1.807) is 0 Å². The lowest BCUT2D eigenvalue weighted by atomic mass is 10.1. The molecule has 3 heteroatoms. The van der Waals surface area contributed by atoms with E-state index in [2.05, 4.69) is 6.92 Å². The highest BCUT2D eigenvalue weighted by Crippen LogP contribution is 2.14. The van der Waals surface area contributed by atoms with Crippen LogP contribution in [-0.2, 0) is 0 Å². The number of thioether (sulfide) groups is 1. The Bertz CT molecular complexity index is 179. The minimum Gasteiger partial charge on any atom is -0.247 e. The Hall–Kier alpha value is -0.230. The Morgan fingerprint density at radius 3 is 2.19 bits per heavy atom. The van der Waals surface area contributed by atoms with E-state index in [-0.39, 0.29) is 0 Å². The first-order valence-electron chi connectivity index (χ1n) is 6.46. The summed E-state index contributed by atoms with van der Waals surface area (Å²) in [5, 5.41) is 10.2. The molecule has 0 radical (unpaired) electrons. The van der Waals surface area contributed by atoms with Crippen molar-refractivity contribution in [2.75, 3.05) is 5.75 Å². The van der Waals surface area contributed by atoms with E-state index < -0.39 is 6.17 Å². The van der Waals surface area contributed by atoms with Crippen LogP contribution in [0.25, 0.3) is 0 Å². The second kappa shape index (κ2) is 12.8. The van der Waals surface area contributed by atoms with Gasteiger partial charge in [0.15, 0.2) is 0 Å². The van der Waals surface area contributed by atoms with Crippen LogP contribution in [0.4, 0.5) is 4.39 Å². The summed E-state index contributed by atoms with van der Waals surface area (Å²) >= 11 is 1.02. The molecule has 0 aromatic heterocycles. The van der Waals surface area contributed by atoms with Crippen molar-refractivity contribution < 1.29 is 4.39 Å². The van der Waals surface area contributed by atoms with E-state index in [4.69, 9.17) is 5.26 Å². The molecule has 0 bridgehead atoms. The minimum atomic E-state index is -0.787. The Morgan fingerprint density at radius 2 is 1.62 bits per heavy atom. The molecule has 0 aliphatic heterocycles. The summed E-state index contributed by atoms with van der Waals surface area (Å²) in [6.45, 7) is 2.22. The zero-order valence-corrected chi connectivity index (χ0v) is 11.2. The average Bonchev–Trinajstić information content (AvgIpc) is 2.30. The van der Waals surface area contributed by atoms with E-state index in [0.29, 0.717) is 12.2 Å². The topological polar surface area (TPSA) is 23.8 Å². The number of nitriles is 1. The summed E-state index contributed by atoms with van der Waals surface area (Å²) in [4.78, 5) is 0. The predicted molar refractivity (Wildman–Crippen MR) is 70.2 cm³/mol. The molecule has 94 valence electrons. The van der Waals surface area contributed by atoms with Crippen molar-refractivity contribution in [1.29, 1.82) is 5.26 Å². The first kappa shape index (κ1) is 15.8. The molecule has 0 amide bonds. The van der Waals surface area contributed by atoms with Gasteiger partial charge in [-0.15, -0.1) is 0 Å². The summed E-state index contributed by atoms with van der Waals surface area (Å²) in [5.74, 6) is 0.340. The van der Waals surface area contributed by atoms with Crippen LogP contribution in [0.5, 0.6) is 0 Å². The van der Waals surface area contributed by atoms with Gasteiger partial charge in [-0.1, -0.05) is 58.3 Å². The SMILES string of the molecule is CCCCCCCCCCC(F)CSC#N. The number of rotatable bonds is 11. The standard InChI is InChI=1S/C13H24FNS/c1-2-3-4-5-6-7-8-9-10-13(14)11-16-12-15/h13H,2-11H2,1H3. The second-order valence-corrected chi connectivity index (χ2v) is 5.07. The fraction of sp³-hybridized carbons (Fsp3) is 0.923.